The first kappa shape index (κ1) is 31.5. The summed E-state index contributed by atoms with van der Waals surface area (Å²) in [7, 11) is -18.1. The van der Waals surface area contributed by atoms with E-state index in [1.54, 1.807) is 83.2 Å². The van der Waals surface area contributed by atoms with Crippen LogP contribution in [0.4, 0.5) is 0 Å². The third kappa shape index (κ3) is 7.22. The standard InChI is InChI=1S/C21H39NO9P2Si3/c1-34(2,3)29-21(32(25,26)30-35(4,5)6,33(27,28)31-36(7,8)9)15-12-16-22-19(23)17-13-10-11-14-18(17)20(22)24/h10-11,13-14H,12,15-16H2,1-9H3,(H,25,26)(H,27,28). The summed E-state index contributed by atoms with van der Waals surface area (Å²) >= 11 is 0. The molecule has 1 aliphatic heterocycles. The normalized spacial score (nSPS) is 20.0. The van der Waals surface area contributed by atoms with Gasteiger partial charge in [-0.15, -0.1) is 0 Å². The minimum Gasteiger partial charge on any atom is -0.393 e. The average molecular weight is 596 g/mol. The first-order valence-electron chi connectivity index (χ1n) is 11.7. The lowest BCUT2D eigenvalue weighted by atomic mass is 10.1. The maximum absolute atomic E-state index is 13.9. The molecule has 15 heteroatoms. The molecule has 2 unspecified atom stereocenters. The van der Waals surface area contributed by atoms with Crippen LogP contribution in [0.5, 0.6) is 0 Å². The highest BCUT2D eigenvalue weighted by molar-refractivity contribution is 7.74. The van der Waals surface area contributed by atoms with E-state index in [9.17, 15) is 28.5 Å². The number of nitrogens with zero attached hydrogens (tertiary/aromatic N) is 1. The van der Waals surface area contributed by atoms with E-state index in [0.29, 0.717) is 0 Å². The van der Waals surface area contributed by atoms with Crippen LogP contribution in [0.25, 0.3) is 0 Å². The van der Waals surface area contributed by atoms with Crippen LogP contribution in [0.3, 0.4) is 0 Å². The molecule has 0 saturated heterocycles. The molecule has 2 rings (SSSR count). The Morgan fingerprint density at radius 1 is 0.778 bits per heavy atom. The Hall–Kier alpha value is -0.729. The Bertz CT molecular complexity index is 1040. The monoisotopic (exact) mass is 595 g/mol. The minimum absolute atomic E-state index is 0.0742. The highest BCUT2D eigenvalue weighted by atomic mass is 31.2. The Balaban J connectivity index is 2.52. The van der Waals surface area contributed by atoms with Gasteiger partial charge < -0.3 is 22.6 Å². The second kappa shape index (κ2) is 10.4. The first-order chi connectivity index (χ1) is 16.0. The van der Waals surface area contributed by atoms with Crippen LogP contribution in [0.1, 0.15) is 33.6 Å². The van der Waals surface area contributed by atoms with E-state index < -0.39 is 63.5 Å². The molecule has 0 radical (unpaired) electrons. The minimum atomic E-state index is -4.94. The molecule has 2 amide bonds. The summed E-state index contributed by atoms with van der Waals surface area (Å²) in [5.74, 6) is -0.966. The SMILES string of the molecule is C[Si](C)(C)OC(CCCN1C(=O)c2ccccc2C1=O)(P(=O)(O)O[Si](C)(C)C)P(=O)(O)O[Si](C)(C)C. The van der Waals surface area contributed by atoms with Gasteiger partial charge in [0, 0.05) is 13.0 Å². The Morgan fingerprint density at radius 2 is 1.17 bits per heavy atom. The van der Waals surface area contributed by atoms with E-state index >= 15 is 0 Å². The number of carbonyl (C=O) groups is 2. The Labute approximate surface area is 216 Å². The molecule has 0 fully saturated rings. The largest absolute Gasteiger partial charge is 0.393 e. The fourth-order valence-corrected chi connectivity index (χ4v) is 17.5. The van der Waals surface area contributed by atoms with Gasteiger partial charge in [-0.3, -0.25) is 23.6 Å². The molecule has 1 aromatic rings. The zero-order chi connectivity index (χ0) is 28.0. The van der Waals surface area contributed by atoms with Gasteiger partial charge in [0.05, 0.1) is 11.1 Å². The third-order valence-electron chi connectivity index (χ3n) is 4.91. The Kier molecular flexibility index (Phi) is 9.13. The fraction of sp³-hybridized carbons (Fsp3) is 0.619. The summed E-state index contributed by atoms with van der Waals surface area (Å²) in [5, 5.41) is -2.57. The topological polar surface area (TPSA) is 140 Å². The van der Waals surface area contributed by atoms with Crippen LogP contribution in [0.15, 0.2) is 24.3 Å². The van der Waals surface area contributed by atoms with Crippen LogP contribution < -0.4 is 0 Å². The van der Waals surface area contributed by atoms with Crippen LogP contribution in [0.2, 0.25) is 58.9 Å². The van der Waals surface area contributed by atoms with Crippen molar-refractivity contribution in [3.8, 4) is 0 Å². The van der Waals surface area contributed by atoms with Crippen molar-refractivity contribution in [3.05, 3.63) is 35.4 Å². The summed E-state index contributed by atoms with van der Waals surface area (Å²) in [5.41, 5.74) is 0.550. The molecule has 0 bridgehead atoms. The highest BCUT2D eigenvalue weighted by Gasteiger charge is 2.66. The van der Waals surface area contributed by atoms with E-state index in [1.165, 1.54) is 0 Å². The first-order valence-corrected chi connectivity index (χ1v) is 25.1. The number of hydrogen-bond donors (Lipinski definition) is 2. The van der Waals surface area contributed by atoms with Gasteiger partial charge in [-0.05, 0) is 77.5 Å². The quantitative estimate of drug-likeness (QED) is 0.178. The van der Waals surface area contributed by atoms with Gasteiger partial charge >= 0.3 is 15.2 Å². The maximum atomic E-state index is 13.9. The van der Waals surface area contributed by atoms with Crippen LogP contribution >= 0.6 is 15.2 Å². The Morgan fingerprint density at radius 3 is 1.50 bits per heavy atom. The zero-order valence-electron chi connectivity index (χ0n) is 22.5. The van der Waals surface area contributed by atoms with Crippen molar-refractivity contribution in [1.29, 1.82) is 0 Å². The number of imide groups is 1. The summed E-state index contributed by atoms with van der Waals surface area (Å²) in [6, 6.07) is 6.43. The molecule has 1 heterocycles. The lowest BCUT2D eigenvalue weighted by molar-refractivity contribution is 0.0642. The third-order valence-corrected chi connectivity index (χ3v) is 16.5. The number of rotatable bonds is 12. The molecule has 2 N–H and O–H groups in total. The van der Waals surface area contributed by atoms with E-state index in [2.05, 4.69) is 0 Å². The summed E-state index contributed by atoms with van der Waals surface area (Å²) < 4.78 is 45.3. The van der Waals surface area contributed by atoms with Crippen molar-refractivity contribution < 1.29 is 41.4 Å². The van der Waals surface area contributed by atoms with E-state index in [0.717, 1.165) is 4.90 Å². The molecule has 36 heavy (non-hydrogen) atoms. The lowest BCUT2D eigenvalue weighted by Gasteiger charge is -2.45. The summed E-state index contributed by atoms with van der Waals surface area (Å²) in [6.45, 7) is 15.2. The van der Waals surface area contributed by atoms with Crippen molar-refractivity contribution in [2.45, 2.75) is 76.8 Å². The average Bonchev–Trinajstić information content (AvgIpc) is 2.87. The number of hydrogen-bond acceptors (Lipinski definition) is 7. The molecule has 0 saturated carbocycles. The van der Waals surface area contributed by atoms with Gasteiger partial charge in [-0.2, -0.15) is 0 Å². The molecule has 10 nitrogen and oxygen atoms in total. The van der Waals surface area contributed by atoms with Crippen molar-refractivity contribution in [2.75, 3.05) is 6.54 Å². The van der Waals surface area contributed by atoms with Gasteiger partial charge in [0.2, 0.25) is 0 Å². The molecule has 204 valence electrons. The van der Waals surface area contributed by atoms with E-state index in [-0.39, 0.29) is 24.1 Å². The molecule has 1 aliphatic rings. The predicted octanol–water partition coefficient (Wildman–Crippen LogP) is 5.64. The lowest BCUT2D eigenvalue weighted by Crippen LogP contribution is -2.46. The van der Waals surface area contributed by atoms with Gasteiger partial charge in [0.1, 0.15) is 0 Å². The summed E-state index contributed by atoms with van der Waals surface area (Å²) in [6.07, 6.45) is -0.504. The number of benzene rings is 1. The van der Waals surface area contributed by atoms with Crippen LogP contribution in [-0.4, -0.2) is 63.1 Å². The van der Waals surface area contributed by atoms with Crippen LogP contribution in [-0.2, 0) is 22.0 Å². The van der Waals surface area contributed by atoms with Crippen molar-refractivity contribution in [1.82, 2.24) is 4.90 Å². The highest BCUT2D eigenvalue weighted by Crippen LogP contribution is 2.77. The van der Waals surface area contributed by atoms with Crippen molar-refractivity contribution >= 4 is 52.0 Å². The van der Waals surface area contributed by atoms with Crippen molar-refractivity contribution in [2.24, 2.45) is 0 Å². The second-order valence-corrected chi connectivity index (χ2v) is 30.0. The number of amides is 2. The van der Waals surface area contributed by atoms with Gasteiger partial charge in [0.15, 0.2) is 25.0 Å². The predicted molar refractivity (Wildman–Crippen MR) is 147 cm³/mol. The molecule has 1 aromatic carbocycles. The summed E-state index contributed by atoms with van der Waals surface area (Å²) in [4.78, 5) is 49.3. The molecular formula is C21H39NO9P2Si3. The van der Waals surface area contributed by atoms with Crippen LogP contribution in [0, 0.1) is 0 Å². The smallest absolute Gasteiger partial charge is 0.361 e. The molecule has 0 spiro atoms. The van der Waals surface area contributed by atoms with Gasteiger partial charge in [0.25, 0.3) is 16.9 Å². The van der Waals surface area contributed by atoms with Gasteiger partial charge in [-0.25, -0.2) is 0 Å². The van der Waals surface area contributed by atoms with E-state index in [1.807, 2.05) is 0 Å². The molecular weight excluding hydrogens is 556 g/mol. The fourth-order valence-electron chi connectivity index (χ4n) is 3.89. The number of carbonyl (C=O) groups excluding carboxylic acids is 2. The molecule has 0 aliphatic carbocycles. The zero-order valence-corrected chi connectivity index (χ0v) is 27.3. The van der Waals surface area contributed by atoms with Gasteiger partial charge in [-0.1, -0.05) is 12.1 Å². The van der Waals surface area contributed by atoms with E-state index in [4.69, 9.17) is 12.9 Å². The molecule has 0 aromatic heterocycles. The van der Waals surface area contributed by atoms with Crippen molar-refractivity contribution in [3.63, 3.8) is 0 Å². The number of fused-ring (bicyclic) bond motifs is 1. The maximum Gasteiger partial charge on any atom is 0.361 e. The molecule has 2 atom stereocenters. The second-order valence-electron chi connectivity index (χ2n) is 11.8.